The Labute approximate surface area is 117 Å². The molecule has 2 aromatic rings. The van der Waals surface area contributed by atoms with Crippen molar-refractivity contribution in [1.29, 1.82) is 0 Å². The van der Waals surface area contributed by atoms with Gasteiger partial charge in [0.15, 0.2) is 5.89 Å². The van der Waals surface area contributed by atoms with Crippen LogP contribution in [0.4, 0.5) is 0 Å². The van der Waals surface area contributed by atoms with E-state index >= 15 is 0 Å². The number of aromatic nitrogens is 1. The second kappa shape index (κ2) is 6.34. The van der Waals surface area contributed by atoms with E-state index in [-0.39, 0.29) is 24.3 Å². The summed E-state index contributed by atoms with van der Waals surface area (Å²) in [6, 6.07) is 9.34. The van der Waals surface area contributed by atoms with E-state index in [2.05, 4.69) is 10.3 Å². The maximum atomic E-state index is 12.1. The molecule has 1 atom stereocenters. The smallest absolute Gasteiger partial charge is 0.289 e. The topological polar surface area (TPSA) is 75.4 Å². The van der Waals surface area contributed by atoms with Gasteiger partial charge in [0, 0.05) is 6.92 Å². The molecule has 1 aromatic heterocycles. The van der Waals surface area contributed by atoms with Gasteiger partial charge in [0.2, 0.25) is 5.76 Å². The highest BCUT2D eigenvalue weighted by atomic mass is 16.4. The van der Waals surface area contributed by atoms with E-state index in [1.807, 2.05) is 30.3 Å². The number of carbonyl (C=O) groups is 1. The molecular weight excluding hydrogens is 256 g/mol. The first-order valence-corrected chi connectivity index (χ1v) is 6.50. The van der Waals surface area contributed by atoms with Crippen LogP contribution in [0.25, 0.3) is 0 Å². The van der Waals surface area contributed by atoms with Gasteiger partial charge in [-0.15, -0.1) is 0 Å². The molecule has 1 aromatic carbocycles. The highest BCUT2D eigenvalue weighted by Crippen LogP contribution is 2.10. The second-order valence-electron chi connectivity index (χ2n) is 4.69. The van der Waals surface area contributed by atoms with Crippen LogP contribution in [0.1, 0.15) is 27.7 Å². The lowest BCUT2D eigenvalue weighted by Gasteiger charge is -2.15. The standard InChI is InChI=1S/C15H18N2O3/c1-10-14(20-11(2)16-10)15(19)17-13(9-18)8-12-6-4-3-5-7-12/h3-7,13,18H,8-9H2,1-2H3,(H,17,19)/t13-/m1/s1. The molecule has 0 spiro atoms. The molecule has 106 valence electrons. The molecule has 5 heteroatoms. The van der Waals surface area contributed by atoms with Gasteiger partial charge in [-0.25, -0.2) is 4.98 Å². The van der Waals surface area contributed by atoms with Crippen molar-refractivity contribution in [2.24, 2.45) is 0 Å². The number of hydrogen-bond acceptors (Lipinski definition) is 4. The Bertz CT molecular complexity index is 578. The van der Waals surface area contributed by atoms with Crippen LogP contribution < -0.4 is 5.32 Å². The second-order valence-corrected chi connectivity index (χ2v) is 4.69. The van der Waals surface area contributed by atoms with Gasteiger partial charge in [-0.1, -0.05) is 30.3 Å². The number of aliphatic hydroxyl groups is 1. The number of aliphatic hydroxyl groups excluding tert-OH is 1. The zero-order valence-electron chi connectivity index (χ0n) is 11.6. The number of carbonyl (C=O) groups excluding carboxylic acids is 1. The van der Waals surface area contributed by atoms with Gasteiger partial charge in [0.05, 0.1) is 18.3 Å². The first kappa shape index (κ1) is 14.3. The molecule has 0 aliphatic heterocycles. The number of aryl methyl sites for hydroxylation is 2. The molecule has 0 aliphatic rings. The normalized spacial score (nSPS) is 12.2. The molecule has 2 rings (SSSR count). The summed E-state index contributed by atoms with van der Waals surface area (Å²) in [5.74, 6) is 0.309. The van der Waals surface area contributed by atoms with E-state index in [0.717, 1.165) is 5.56 Å². The van der Waals surface area contributed by atoms with Crippen molar-refractivity contribution >= 4 is 5.91 Å². The Kier molecular flexibility index (Phi) is 4.53. The van der Waals surface area contributed by atoms with Gasteiger partial charge < -0.3 is 14.8 Å². The third-order valence-corrected chi connectivity index (χ3v) is 2.99. The summed E-state index contributed by atoms with van der Waals surface area (Å²) in [7, 11) is 0. The van der Waals surface area contributed by atoms with Crippen molar-refractivity contribution in [3.8, 4) is 0 Å². The average molecular weight is 274 g/mol. The van der Waals surface area contributed by atoms with Gasteiger partial charge in [-0.3, -0.25) is 4.79 Å². The van der Waals surface area contributed by atoms with Crippen molar-refractivity contribution in [3.05, 3.63) is 53.2 Å². The molecular formula is C15H18N2O3. The van der Waals surface area contributed by atoms with Crippen LogP contribution >= 0.6 is 0 Å². The van der Waals surface area contributed by atoms with Crippen LogP contribution in [-0.2, 0) is 6.42 Å². The van der Waals surface area contributed by atoms with Crippen LogP contribution in [0.2, 0.25) is 0 Å². The van der Waals surface area contributed by atoms with E-state index in [0.29, 0.717) is 18.0 Å². The van der Waals surface area contributed by atoms with Gasteiger partial charge in [0.25, 0.3) is 5.91 Å². The molecule has 5 nitrogen and oxygen atoms in total. The fourth-order valence-electron chi connectivity index (χ4n) is 2.05. The number of nitrogens with zero attached hydrogens (tertiary/aromatic N) is 1. The van der Waals surface area contributed by atoms with Crippen molar-refractivity contribution in [1.82, 2.24) is 10.3 Å². The van der Waals surface area contributed by atoms with E-state index in [1.54, 1.807) is 13.8 Å². The Morgan fingerprint density at radius 3 is 2.60 bits per heavy atom. The van der Waals surface area contributed by atoms with Gasteiger partial charge >= 0.3 is 0 Å². The molecule has 0 unspecified atom stereocenters. The van der Waals surface area contributed by atoms with E-state index in [9.17, 15) is 9.90 Å². The lowest BCUT2D eigenvalue weighted by atomic mass is 10.1. The first-order valence-electron chi connectivity index (χ1n) is 6.50. The summed E-state index contributed by atoms with van der Waals surface area (Å²) in [6.07, 6.45) is 0.565. The van der Waals surface area contributed by atoms with Gasteiger partial charge in [-0.05, 0) is 18.9 Å². The van der Waals surface area contributed by atoms with Crippen molar-refractivity contribution < 1.29 is 14.3 Å². The van der Waals surface area contributed by atoms with E-state index < -0.39 is 0 Å². The Morgan fingerprint density at radius 1 is 1.35 bits per heavy atom. The molecule has 20 heavy (non-hydrogen) atoms. The van der Waals surface area contributed by atoms with Crippen LogP contribution in [0, 0.1) is 13.8 Å². The minimum atomic E-state index is -0.352. The van der Waals surface area contributed by atoms with Gasteiger partial charge in [0.1, 0.15) is 0 Å². The lowest BCUT2D eigenvalue weighted by Crippen LogP contribution is -2.39. The fourth-order valence-corrected chi connectivity index (χ4v) is 2.05. The van der Waals surface area contributed by atoms with E-state index in [4.69, 9.17) is 4.42 Å². The maximum Gasteiger partial charge on any atom is 0.289 e. The minimum Gasteiger partial charge on any atom is -0.436 e. The van der Waals surface area contributed by atoms with Crippen molar-refractivity contribution in [3.63, 3.8) is 0 Å². The summed E-state index contributed by atoms with van der Waals surface area (Å²) >= 11 is 0. The van der Waals surface area contributed by atoms with Crippen LogP contribution in [0.15, 0.2) is 34.7 Å². The van der Waals surface area contributed by atoms with Crippen LogP contribution in [0.3, 0.4) is 0 Å². The zero-order valence-corrected chi connectivity index (χ0v) is 11.6. The maximum absolute atomic E-state index is 12.1. The largest absolute Gasteiger partial charge is 0.436 e. The third-order valence-electron chi connectivity index (χ3n) is 2.99. The molecule has 1 amide bonds. The van der Waals surface area contributed by atoms with Gasteiger partial charge in [-0.2, -0.15) is 0 Å². The minimum absolute atomic E-state index is 0.132. The molecule has 2 N–H and O–H groups in total. The number of hydrogen-bond donors (Lipinski definition) is 2. The number of amides is 1. The number of nitrogens with one attached hydrogen (secondary N) is 1. The Hall–Kier alpha value is -2.14. The van der Waals surface area contributed by atoms with Crippen LogP contribution in [0.5, 0.6) is 0 Å². The number of oxazole rings is 1. The Morgan fingerprint density at radius 2 is 2.05 bits per heavy atom. The SMILES string of the molecule is Cc1nc(C)c(C(=O)N[C@@H](CO)Cc2ccccc2)o1. The predicted octanol–water partition coefficient (Wildman–Crippen LogP) is 1.62. The lowest BCUT2D eigenvalue weighted by molar-refractivity contribution is 0.0886. The summed E-state index contributed by atoms with van der Waals surface area (Å²) < 4.78 is 5.27. The fraction of sp³-hybridized carbons (Fsp3) is 0.333. The molecule has 0 bridgehead atoms. The highest BCUT2D eigenvalue weighted by molar-refractivity contribution is 5.92. The van der Waals surface area contributed by atoms with E-state index in [1.165, 1.54) is 0 Å². The predicted molar refractivity (Wildman–Crippen MR) is 74.5 cm³/mol. The average Bonchev–Trinajstić information content (AvgIpc) is 2.78. The summed E-state index contributed by atoms with van der Waals surface area (Å²) in [6.45, 7) is 3.28. The molecule has 0 aliphatic carbocycles. The van der Waals surface area contributed by atoms with Crippen LogP contribution in [-0.4, -0.2) is 28.6 Å². The Balaban J connectivity index is 2.03. The molecule has 1 heterocycles. The molecule has 0 saturated heterocycles. The summed E-state index contributed by atoms with van der Waals surface area (Å²) in [4.78, 5) is 16.1. The summed E-state index contributed by atoms with van der Waals surface area (Å²) in [5, 5.41) is 12.2. The molecule has 0 radical (unpaired) electrons. The molecule has 0 fully saturated rings. The number of benzene rings is 1. The quantitative estimate of drug-likeness (QED) is 0.869. The summed E-state index contributed by atoms with van der Waals surface area (Å²) in [5.41, 5.74) is 1.61. The highest BCUT2D eigenvalue weighted by Gasteiger charge is 2.19. The molecule has 0 saturated carbocycles. The van der Waals surface area contributed by atoms with Crippen molar-refractivity contribution in [2.75, 3.05) is 6.61 Å². The third kappa shape index (κ3) is 3.45. The first-order chi connectivity index (χ1) is 9.60. The zero-order chi connectivity index (χ0) is 14.5. The van der Waals surface area contributed by atoms with Crippen molar-refractivity contribution in [2.45, 2.75) is 26.3 Å². The monoisotopic (exact) mass is 274 g/mol. The number of rotatable bonds is 5.